The van der Waals surface area contributed by atoms with Gasteiger partial charge < -0.3 is 19.6 Å². The third kappa shape index (κ3) is 4.69. The lowest BCUT2D eigenvalue weighted by Gasteiger charge is -2.35. The van der Waals surface area contributed by atoms with Gasteiger partial charge in [0, 0.05) is 17.5 Å². The number of aliphatic hydroxyl groups excluding tert-OH is 1. The minimum Gasteiger partial charge on any atom is -0.497 e. The number of amides is 1. The zero-order valence-corrected chi connectivity index (χ0v) is 16.1. The molecule has 0 radical (unpaired) electrons. The van der Waals surface area contributed by atoms with Gasteiger partial charge in [0.05, 0.1) is 25.8 Å². The summed E-state index contributed by atoms with van der Waals surface area (Å²) in [5, 5.41) is 12.8. The molecule has 1 aliphatic rings. The average molecular weight is 372 g/mol. The van der Waals surface area contributed by atoms with Gasteiger partial charge in [-0.2, -0.15) is 0 Å². The lowest BCUT2D eigenvalue weighted by molar-refractivity contribution is -0.121. The summed E-state index contributed by atoms with van der Waals surface area (Å²) in [6, 6.07) is 7.48. The number of oxazole rings is 1. The Balaban J connectivity index is 1.63. The van der Waals surface area contributed by atoms with Crippen LogP contribution in [0.15, 0.2) is 28.7 Å². The maximum Gasteiger partial charge on any atom is 0.226 e. The largest absolute Gasteiger partial charge is 0.497 e. The van der Waals surface area contributed by atoms with Crippen molar-refractivity contribution in [3.8, 4) is 17.2 Å². The van der Waals surface area contributed by atoms with E-state index in [1.165, 1.54) is 6.42 Å². The van der Waals surface area contributed by atoms with Crippen LogP contribution in [0.4, 0.5) is 0 Å². The second-order valence-corrected chi connectivity index (χ2v) is 7.43. The van der Waals surface area contributed by atoms with Crippen molar-refractivity contribution in [2.24, 2.45) is 5.41 Å². The van der Waals surface area contributed by atoms with Crippen LogP contribution in [0.1, 0.15) is 43.6 Å². The monoisotopic (exact) mass is 372 g/mol. The molecule has 2 N–H and O–H groups in total. The van der Waals surface area contributed by atoms with E-state index in [0.717, 1.165) is 37.0 Å². The molecule has 6 heteroatoms. The second-order valence-electron chi connectivity index (χ2n) is 7.43. The second kappa shape index (κ2) is 8.57. The number of aliphatic hydroxyl groups is 1. The van der Waals surface area contributed by atoms with Gasteiger partial charge in [0.1, 0.15) is 11.5 Å². The molecule has 2 aromatic rings. The number of methoxy groups -OCH3 is 1. The van der Waals surface area contributed by atoms with E-state index in [2.05, 4.69) is 10.3 Å². The fourth-order valence-electron chi connectivity index (χ4n) is 3.66. The van der Waals surface area contributed by atoms with Gasteiger partial charge in [0.2, 0.25) is 11.8 Å². The molecule has 1 aromatic heterocycles. The van der Waals surface area contributed by atoms with Gasteiger partial charge in [0.25, 0.3) is 0 Å². The summed E-state index contributed by atoms with van der Waals surface area (Å²) in [5.74, 6) is 1.75. The number of aryl methyl sites for hydroxylation is 1. The van der Waals surface area contributed by atoms with Crippen LogP contribution in [0.5, 0.6) is 5.75 Å². The fraction of sp³-hybridized carbons (Fsp3) is 0.524. The Morgan fingerprint density at radius 2 is 2.11 bits per heavy atom. The maximum atomic E-state index is 12.4. The van der Waals surface area contributed by atoms with E-state index in [1.807, 2.05) is 31.2 Å². The summed E-state index contributed by atoms with van der Waals surface area (Å²) < 4.78 is 11.0. The van der Waals surface area contributed by atoms with E-state index in [1.54, 1.807) is 7.11 Å². The van der Waals surface area contributed by atoms with Crippen LogP contribution in [0.2, 0.25) is 0 Å². The van der Waals surface area contributed by atoms with Crippen LogP contribution in [-0.2, 0) is 11.2 Å². The standard InChI is InChI=1S/C21H28N2O4/c1-15-18(23-20(27-15)16-7-6-8-17(11-16)26-2)12-19(25)22-13-21(14-24)9-4-3-5-10-21/h6-8,11,24H,3-5,9-10,12-14H2,1-2H3,(H,22,25). The van der Waals surface area contributed by atoms with Crippen LogP contribution in [0, 0.1) is 12.3 Å². The number of ether oxygens (including phenoxy) is 1. The van der Waals surface area contributed by atoms with Gasteiger partial charge in [0.15, 0.2) is 0 Å². The Morgan fingerprint density at radius 3 is 2.81 bits per heavy atom. The van der Waals surface area contributed by atoms with E-state index >= 15 is 0 Å². The molecule has 1 fully saturated rings. The number of hydrogen-bond acceptors (Lipinski definition) is 5. The van der Waals surface area contributed by atoms with Crippen molar-refractivity contribution >= 4 is 5.91 Å². The summed E-state index contributed by atoms with van der Waals surface area (Å²) in [4.78, 5) is 16.9. The number of carbonyl (C=O) groups is 1. The van der Waals surface area contributed by atoms with E-state index < -0.39 is 0 Å². The molecule has 1 heterocycles. The quantitative estimate of drug-likeness (QED) is 0.779. The predicted molar refractivity (Wildman–Crippen MR) is 103 cm³/mol. The lowest BCUT2D eigenvalue weighted by Crippen LogP contribution is -2.41. The highest BCUT2D eigenvalue weighted by atomic mass is 16.5. The summed E-state index contributed by atoms with van der Waals surface area (Å²) in [7, 11) is 1.61. The van der Waals surface area contributed by atoms with E-state index in [0.29, 0.717) is 23.9 Å². The number of benzene rings is 1. The molecule has 0 unspecified atom stereocenters. The molecule has 6 nitrogen and oxygen atoms in total. The molecule has 0 spiro atoms. The van der Waals surface area contributed by atoms with Crippen molar-refractivity contribution in [3.63, 3.8) is 0 Å². The molecule has 0 aliphatic heterocycles. The minimum atomic E-state index is -0.168. The highest BCUT2D eigenvalue weighted by Crippen LogP contribution is 2.35. The topological polar surface area (TPSA) is 84.6 Å². The van der Waals surface area contributed by atoms with Gasteiger partial charge in [-0.25, -0.2) is 4.98 Å². The molecule has 27 heavy (non-hydrogen) atoms. The first-order valence-corrected chi connectivity index (χ1v) is 9.53. The van der Waals surface area contributed by atoms with Crippen molar-refractivity contribution in [1.82, 2.24) is 10.3 Å². The molecule has 3 rings (SSSR count). The van der Waals surface area contributed by atoms with Gasteiger partial charge in [-0.1, -0.05) is 25.3 Å². The average Bonchev–Trinajstić information content (AvgIpc) is 3.07. The summed E-state index contributed by atoms with van der Waals surface area (Å²) in [6.45, 7) is 2.45. The van der Waals surface area contributed by atoms with Gasteiger partial charge in [-0.05, 0) is 38.0 Å². The molecule has 1 saturated carbocycles. The first-order chi connectivity index (χ1) is 13.0. The zero-order valence-electron chi connectivity index (χ0n) is 16.1. The first-order valence-electron chi connectivity index (χ1n) is 9.53. The van der Waals surface area contributed by atoms with Crippen molar-refractivity contribution in [3.05, 3.63) is 35.7 Å². The van der Waals surface area contributed by atoms with Crippen molar-refractivity contribution in [2.45, 2.75) is 45.4 Å². The summed E-state index contributed by atoms with van der Waals surface area (Å²) >= 11 is 0. The van der Waals surface area contributed by atoms with Crippen LogP contribution in [-0.4, -0.2) is 36.3 Å². The zero-order chi connectivity index (χ0) is 19.3. The van der Waals surface area contributed by atoms with Crippen molar-refractivity contribution in [1.29, 1.82) is 0 Å². The smallest absolute Gasteiger partial charge is 0.226 e. The van der Waals surface area contributed by atoms with Crippen LogP contribution >= 0.6 is 0 Å². The van der Waals surface area contributed by atoms with E-state index in [9.17, 15) is 9.90 Å². The normalized spacial score (nSPS) is 16.1. The van der Waals surface area contributed by atoms with Gasteiger partial charge in [-0.3, -0.25) is 4.79 Å². The third-order valence-corrected chi connectivity index (χ3v) is 5.45. The molecule has 146 valence electrons. The molecular formula is C21H28N2O4. The SMILES string of the molecule is COc1cccc(-c2nc(CC(=O)NCC3(CO)CCCCC3)c(C)o2)c1. The lowest BCUT2D eigenvalue weighted by atomic mass is 9.74. The highest BCUT2D eigenvalue weighted by molar-refractivity contribution is 5.78. The van der Waals surface area contributed by atoms with E-state index in [-0.39, 0.29) is 24.3 Å². The fourth-order valence-corrected chi connectivity index (χ4v) is 3.66. The number of carbonyl (C=O) groups excluding carboxylic acids is 1. The number of hydrogen-bond donors (Lipinski definition) is 2. The number of nitrogens with zero attached hydrogens (tertiary/aromatic N) is 1. The number of nitrogens with one attached hydrogen (secondary N) is 1. The molecule has 1 amide bonds. The van der Waals surface area contributed by atoms with Crippen LogP contribution in [0.25, 0.3) is 11.5 Å². The minimum absolute atomic E-state index is 0.0954. The van der Waals surface area contributed by atoms with Gasteiger partial charge in [-0.15, -0.1) is 0 Å². The highest BCUT2D eigenvalue weighted by Gasteiger charge is 2.31. The Labute approximate surface area is 159 Å². The van der Waals surface area contributed by atoms with Crippen molar-refractivity contribution < 1.29 is 19.1 Å². The maximum absolute atomic E-state index is 12.4. The molecular weight excluding hydrogens is 344 g/mol. The Bertz CT molecular complexity index is 778. The first kappa shape index (κ1) is 19.4. The molecule has 1 aliphatic carbocycles. The Kier molecular flexibility index (Phi) is 6.16. The molecule has 0 bridgehead atoms. The van der Waals surface area contributed by atoms with Crippen molar-refractivity contribution in [2.75, 3.05) is 20.3 Å². The summed E-state index contributed by atoms with van der Waals surface area (Å²) in [6.07, 6.45) is 5.53. The molecule has 1 aromatic carbocycles. The van der Waals surface area contributed by atoms with E-state index in [4.69, 9.17) is 9.15 Å². The Hall–Kier alpha value is -2.34. The number of aromatic nitrogens is 1. The molecule has 0 atom stereocenters. The predicted octanol–water partition coefficient (Wildman–Crippen LogP) is 3.26. The summed E-state index contributed by atoms with van der Waals surface area (Å²) in [5.41, 5.74) is 1.27. The molecule has 0 saturated heterocycles. The van der Waals surface area contributed by atoms with Crippen LogP contribution < -0.4 is 10.1 Å². The van der Waals surface area contributed by atoms with Crippen LogP contribution in [0.3, 0.4) is 0 Å². The van der Waals surface area contributed by atoms with Gasteiger partial charge >= 0.3 is 0 Å². The Morgan fingerprint density at radius 1 is 1.33 bits per heavy atom. The third-order valence-electron chi connectivity index (χ3n) is 5.45. The number of rotatable bonds is 7.